The monoisotopic (exact) mass is 296 g/mol. The minimum Gasteiger partial charge on any atom is -0.398 e. The lowest BCUT2D eigenvalue weighted by Crippen LogP contribution is -2.14. The summed E-state index contributed by atoms with van der Waals surface area (Å²) in [7, 11) is -3.67. The number of nitrogen functional groups attached to an aromatic ring is 1. The van der Waals surface area contributed by atoms with Crippen LogP contribution in [0, 0.1) is 6.92 Å². The molecule has 100 valence electrons. The Morgan fingerprint density at radius 3 is 2.53 bits per heavy atom. The Kier molecular flexibility index (Phi) is 3.68. The summed E-state index contributed by atoms with van der Waals surface area (Å²) in [5.41, 5.74) is 7.43. The van der Waals surface area contributed by atoms with Gasteiger partial charge in [-0.05, 0) is 42.8 Å². The topological polar surface area (TPSA) is 72.2 Å². The van der Waals surface area contributed by atoms with Crippen LogP contribution >= 0.6 is 11.6 Å². The van der Waals surface area contributed by atoms with Crippen molar-refractivity contribution in [2.75, 3.05) is 10.5 Å². The number of sulfonamides is 1. The van der Waals surface area contributed by atoms with Gasteiger partial charge >= 0.3 is 0 Å². The molecule has 0 aliphatic carbocycles. The number of hydrogen-bond acceptors (Lipinski definition) is 3. The second-order valence-corrected chi connectivity index (χ2v) is 6.20. The second-order valence-electron chi connectivity index (χ2n) is 4.08. The van der Waals surface area contributed by atoms with Crippen molar-refractivity contribution in [2.45, 2.75) is 11.8 Å². The molecule has 0 aliphatic rings. The standard InChI is InChI=1S/C13H13ClN2O2S/c1-9-12(15)6-3-7-13(9)16-19(17,18)11-5-2-4-10(14)8-11/h2-8,16H,15H2,1H3. The first-order chi connectivity index (χ1) is 8.90. The Balaban J connectivity index is 2.39. The molecule has 0 saturated carbocycles. The van der Waals surface area contributed by atoms with Gasteiger partial charge in [-0.3, -0.25) is 4.72 Å². The maximum Gasteiger partial charge on any atom is 0.261 e. The fourth-order valence-electron chi connectivity index (χ4n) is 1.60. The van der Waals surface area contributed by atoms with Gasteiger partial charge in [0.25, 0.3) is 10.0 Å². The van der Waals surface area contributed by atoms with Crippen molar-refractivity contribution in [1.82, 2.24) is 0 Å². The lowest BCUT2D eigenvalue weighted by Gasteiger charge is -2.12. The van der Waals surface area contributed by atoms with E-state index in [-0.39, 0.29) is 4.90 Å². The zero-order valence-corrected chi connectivity index (χ0v) is 11.8. The first-order valence-corrected chi connectivity index (χ1v) is 7.40. The number of nitrogens with one attached hydrogen (secondary N) is 1. The van der Waals surface area contributed by atoms with Crippen molar-refractivity contribution in [1.29, 1.82) is 0 Å². The van der Waals surface area contributed by atoms with E-state index in [9.17, 15) is 8.42 Å². The average molecular weight is 297 g/mol. The van der Waals surface area contributed by atoms with Crippen molar-refractivity contribution in [3.05, 3.63) is 53.1 Å². The lowest BCUT2D eigenvalue weighted by molar-refractivity contribution is 0.601. The van der Waals surface area contributed by atoms with Crippen LogP contribution in [0.5, 0.6) is 0 Å². The molecule has 2 rings (SSSR count). The smallest absolute Gasteiger partial charge is 0.261 e. The van der Waals surface area contributed by atoms with E-state index in [2.05, 4.69) is 4.72 Å². The third kappa shape index (κ3) is 3.00. The largest absolute Gasteiger partial charge is 0.398 e. The molecular formula is C13H13ClN2O2S. The number of rotatable bonds is 3. The Hall–Kier alpha value is -1.72. The zero-order chi connectivity index (χ0) is 14.0. The molecule has 3 N–H and O–H groups in total. The molecule has 0 heterocycles. The third-order valence-corrected chi connectivity index (χ3v) is 4.32. The Labute approximate surface area is 117 Å². The van der Waals surface area contributed by atoms with Gasteiger partial charge in [-0.15, -0.1) is 0 Å². The van der Waals surface area contributed by atoms with Gasteiger partial charge in [0, 0.05) is 10.7 Å². The highest BCUT2D eigenvalue weighted by molar-refractivity contribution is 7.92. The molecular weight excluding hydrogens is 284 g/mol. The molecule has 0 fully saturated rings. The molecule has 0 bridgehead atoms. The Morgan fingerprint density at radius 2 is 1.84 bits per heavy atom. The van der Waals surface area contributed by atoms with Crippen LogP contribution in [0.4, 0.5) is 11.4 Å². The van der Waals surface area contributed by atoms with Crippen molar-refractivity contribution in [3.63, 3.8) is 0 Å². The van der Waals surface area contributed by atoms with E-state index in [1.54, 1.807) is 37.3 Å². The van der Waals surface area contributed by atoms with E-state index in [1.807, 2.05) is 0 Å². The highest BCUT2D eigenvalue weighted by Crippen LogP contribution is 2.24. The van der Waals surface area contributed by atoms with Crippen molar-refractivity contribution >= 4 is 33.0 Å². The third-order valence-electron chi connectivity index (χ3n) is 2.73. The number of halogens is 1. The summed E-state index contributed by atoms with van der Waals surface area (Å²) in [5.74, 6) is 0. The highest BCUT2D eigenvalue weighted by atomic mass is 35.5. The fourth-order valence-corrected chi connectivity index (χ4v) is 3.03. The molecule has 0 spiro atoms. The average Bonchev–Trinajstić information content (AvgIpc) is 2.35. The molecule has 0 radical (unpaired) electrons. The molecule has 4 nitrogen and oxygen atoms in total. The summed E-state index contributed by atoms with van der Waals surface area (Å²) in [6, 6.07) is 11.1. The van der Waals surface area contributed by atoms with Gasteiger partial charge in [0.15, 0.2) is 0 Å². The van der Waals surface area contributed by atoms with Crippen molar-refractivity contribution < 1.29 is 8.42 Å². The normalized spacial score (nSPS) is 11.3. The van der Waals surface area contributed by atoms with Crippen molar-refractivity contribution in [3.8, 4) is 0 Å². The summed E-state index contributed by atoms with van der Waals surface area (Å²) in [6.45, 7) is 1.76. The van der Waals surface area contributed by atoms with E-state index in [4.69, 9.17) is 17.3 Å². The molecule has 2 aromatic carbocycles. The predicted molar refractivity (Wildman–Crippen MR) is 77.9 cm³/mol. The lowest BCUT2D eigenvalue weighted by atomic mass is 10.2. The second kappa shape index (κ2) is 5.11. The van der Waals surface area contributed by atoms with Crippen LogP contribution in [-0.2, 0) is 10.0 Å². The predicted octanol–water partition coefficient (Wildman–Crippen LogP) is 3.03. The van der Waals surface area contributed by atoms with Gasteiger partial charge in [0.05, 0.1) is 10.6 Å². The molecule has 19 heavy (non-hydrogen) atoms. The van der Waals surface area contributed by atoms with Gasteiger partial charge in [-0.2, -0.15) is 0 Å². The van der Waals surface area contributed by atoms with E-state index >= 15 is 0 Å². The Morgan fingerprint density at radius 1 is 1.16 bits per heavy atom. The number of benzene rings is 2. The molecule has 0 unspecified atom stereocenters. The van der Waals surface area contributed by atoms with Crippen LogP contribution in [0.2, 0.25) is 5.02 Å². The minimum atomic E-state index is -3.67. The number of hydrogen-bond donors (Lipinski definition) is 2. The van der Waals surface area contributed by atoms with Crippen molar-refractivity contribution in [2.24, 2.45) is 0 Å². The number of nitrogens with two attached hydrogens (primary N) is 1. The van der Waals surface area contributed by atoms with Gasteiger partial charge < -0.3 is 5.73 Å². The first kappa shape index (κ1) is 13.7. The summed E-state index contributed by atoms with van der Waals surface area (Å²) >= 11 is 5.80. The Bertz CT molecular complexity index is 714. The highest BCUT2D eigenvalue weighted by Gasteiger charge is 2.15. The van der Waals surface area contributed by atoms with Crippen LogP contribution < -0.4 is 10.5 Å². The molecule has 0 amide bonds. The zero-order valence-electron chi connectivity index (χ0n) is 10.2. The molecule has 0 aliphatic heterocycles. The first-order valence-electron chi connectivity index (χ1n) is 5.53. The molecule has 0 saturated heterocycles. The van der Waals surface area contributed by atoms with Crippen LogP contribution in [0.1, 0.15) is 5.56 Å². The van der Waals surface area contributed by atoms with Gasteiger partial charge in [0.2, 0.25) is 0 Å². The maximum absolute atomic E-state index is 12.2. The summed E-state index contributed by atoms with van der Waals surface area (Å²) in [5, 5.41) is 0.368. The molecule has 0 aromatic heterocycles. The van der Waals surface area contributed by atoms with E-state index in [0.717, 1.165) is 0 Å². The maximum atomic E-state index is 12.2. The fraction of sp³-hybridized carbons (Fsp3) is 0.0769. The number of anilines is 2. The summed E-state index contributed by atoms with van der Waals surface area (Å²) in [6.07, 6.45) is 0. The summed E-state index contributed by atoms with van der Waals surface area (Å²) < 4.78 is 26.9. The van der Waals surface area contributed by atoms with Crippen LogP contribution in [0.3, 0.4) is 0 Å². The molecule has 2 aromatic rings. The van der Waals surface area contributed by atoms with Crippen LogP contribution in [0.15, 0.2) is 47.4 Å². The van der Waals surface area contributed by atoms with Gasteiger partial charge in [0.1, 0.15) is 0 Å². The molecule has 6 heteroatoms. The van der Waals surface area contributed by atoms with Gasteiger partial charge in [-0.1, -0.05) is 23.7 Å². The van der Waals surface area contributed by atoms with Gasteiger partial charge in [-0.25, -0.2) is 8.42 Å². The SMILES string of the molecule is Cc1c(N)cccc1NS(=O)(=O)c1cccc(Cl)c1. The summed E-state index contributed by atoms with van der Waals surface area (Å²) in [4.78, 5) is 0.113. The van der Waals surface area contributed by atoms with Crippen LogP contribution in [0.25, 0.3) is 0 Å². The van der Waals surface area contributed by atoms with E-state index in [0.29, 0.717) is 22.0 Å². The molecule has 0 atom stereocenters. The van der Waals surface area contributed by atoms with E-state index < -0.39 is 10.0 Å². The quantitative estimate of drug-likeness (QED) is 0.855. The van der Waals surface area contributed by atoms with E-state index in [1.165, 1.54) is 12.1 Å². The van der Waals surface area contributed by atoms with Crippen LogP contribution in [-0.4, -0.2) is 8.42 Å². The minimum absolute atomic E-state index is 0.113.